The van der Waals surface area contributed by atoms with E-state index in [-0.39, 0.29) is 0 Å². The molecule has 1 aliphatic heterocycles. The minimum atomic E-state index is -3.60. The molecule has 0 radical (unpaired) electrons. The van der Waals surface area contributed by atoms with Crippen molar-refractivity contribution >= 4 is 37.5 Å². The molecule has 0 bridgehead atoms. The van der Waals surface area contributed by atoms with Crippen molar-refractivity contribution < 1.29 is 8.42 Å². The number of nitrogens with zero attached hydrogens (tertiary/aromatic N) is 4. The Balaban J connectivity index is 1.91. The van der Waals surface area contributed by atoms with E-state index in [1.165, 1.54) is 4.31 Å². The van der Waals surface area contributed by atoms with Crippen molar-refractivity contribution in [3.8, 4) is 6.07 Å². The molecular formula is C17H15N5O2S. The highest BCUT2D eigenvalue weighted by molar-refractivity contribution is 7.89. The Bertz CT molecular complexity index is 1140. The Labute approximate surface area is 144 Å². The lowest BCUT2D eigenvalue weighted by molar-refractivity contribution is 0.483. The number of hydrogen-bond acceptors (Lipinski definition) is 5. The van der Waals surface area contributed by atoms with Gasteiger partial charge in [-0.1, -0.05) is 0 Å². The first-order valence-electron chi connectivity index (χ1n) is 7.88. The van der Waals surface area contributed by atoms with Gasteiger partial charge in [-0.15, -0.1) is 0 Å². The molecule has 7 nitrogen and oxygen atoms in total. The second kappa shape index (κ2) is 5.86. The Morgan fingerprint density at radius 2 is 2.20 bits per heavy atom. The van der Waals surface area contributed by atoms with Crippen molar-refractivity contribution in [1.82, 2.24) is 19.3 Å². The van der Waals surface area contributed by atoms with Crippen LogP contribution in [0, 0.1) is 11.3 Å². The monoisotopic (exact) mass is 353 g/mol. The van der Waals surface area contributed by atoms with Crippen LogP contribution in [0.5, 0.6) is 0 Å². The Hall–Kier alpha value is -2.92. The Kier molecular flexibility index (Phi) is 3.66. The highest BCUT2D eigenvalue weighted by Gasteiger charge is 2.23. The number of allylic oxidation sites excluding steroid dienone is 1. The van der Waals surface area contributed by atoms with Gasteiger partial charge < -0.3 is 4.98 Å². The molecule has 3 aromatic heterocycles. The lowest BCUT2D eigenvalue weighted by atomic mass is 9.96. The average molecular weight is 353 g/mol. The van der Waals surface area contributed by atoms with Gasteiger partial charge in [-0.3, -0.25) is 9.29 Å². The summed E-state index contributed by atoms with van der Waals surface area (Å²) in [7, 11) is -3.60. The van der Waals surface area contributed by atoms with Crippen LogP contribution in [0.4, 0.5) is 0 Å². The van der Waals surface area contributed by atoms with Crippen LogP contribution in [0.1, 0.15) is 18.4 Å². The third kappa shape index (κ3) is 2.62. The minimum Gasteiger partial charge on any atom is -0.346 e. The number of H-pyrrole nitrogens is 1. The van der Waals surface area contributed by atoms with Crippen LogP contribution in [-0.4, -0.2) is 40.0 Å². The Morgan fingerprint density at radius 1 is 1.32 bits per heavy atom. The molecule has 0 spiro atoms. The summed E-state index contributed by atoms with van der Waals surface area (Å²) in [6, 6.07) is 5.58. The second-order valence-electron chi connectivity index (χ2n) is 5.90. The molecule has 1 N–H and O–H groups in total. The number of hydrogen-bond donors (Lipinski definition) is 1. The van der Waals surface area contributed by atoms with Crippen molar-refractivity contribution in [3.05, 3.63) is 42.5 Å². The second-order valence-corrected chi connectivity index (χ2v) is 7.82. The quantitative estimate of drug-likeness (QED) is 0.779. The topological polar surface area (TPSA) is 103 Å². The first kappa shape index (κ1) is 15.6. The third-order valence-electron chi connectivity index (χ3n) is 4.37. The summed E-state index contributed by atoms with van der Waals surface area (Å²) in [6.45, 7) is 0.400. The molecule has 0 atom stereocenters. The van der Waals surface area contributed by atoms with E-state index in [0.717, 1.165) is 39.5 Å². The molecule has 8 heteroatoms. The molecule has 0 unspecified atom stereocenters. The SMILES string of the molecule is N#CCS(=O)(=O)N1C=C(c2ccnc3cnc4[nH]ccc4c23)CCC1. The van der Waals surface area contributed by atoms with E-state index in [1.807, 2.05) is 18.3 Å². The highest BCUT2D eigenvalue weighted by Crippen LogP contribution is 2.33. The fourth-order valence-corrected chi connectivity index (χ4v) is 4.26. The van der Waals surface area contributed by atoms with Gasteiger partial charge in [0, 0.05) is 35.9 Å². The van der Waals surface area contributed by atoms with Crippen LogP contribution in [-0.2, 0) is 10.0 Å². The number of pyridine rings is 2. The van der Waals surface area contributed by atoms with Crippen LogP contribution in [0.25, 0.3) is 27.5 Å². The summed E-state index contributed by atoms with van der Waals surface area (Å²) in [4.78, 5) is 11.8. The molecular weight excluding hydrogens is 338 g/mol. The van der Waals surface area contributed by atoms with Crippen LogP contribution in [0.3, 0.4) is 0 Å². The third-order valence-corrected chi connectivity index (χ3v) is 5.86. The van der Waals surface area contributed by atoms with Crippen LogP contribution >= 0.6 is 0 Å². The van der Waals surface area contributed by atoms with E-state index in [1.54, 1.807) is 24.7 Å². The molecule has 0 aromatic carbocycles. The molecule has 4 heterocycles. The number of aromatic nitrogens is 3. The molecule has 0 saturated heterocycles. The highest BCUT2D eigenvalue weighted by atomic mass is 32.2. The van der Waals surface area contributed by atoms with Gasteiger partial charge in [0.05, 0.1) is 17.8 Å². The summed E-state index contributed by atoms with van der Waals surface area (Å²) in [5.41, 5.74) is 3.41. The van der Waals surface area contributed by atoms with Gasteiger partial charge in [0.15, 0.2) is 5.75 Å². The average Bonchev–Trinajstić information content (AvgIpc) is 3.10. The lowest BCUT2D eigenvalue weighted by Gasteiger charge is -2.26. The predicted octanol–water partition coefficient (Wildman–Crippen LogP) is 2.40. The van der Waals surface area contributed by atoms with E-state index < -0.39 is 15.8 Å². The summed E-state index contributed by atoms with van der Waals surface area (Å²) in [5, 5.41) is 10.7. The maximum absolute atomic E-state index is 12.2. The molecule has 25 heavy (non-hydrogen) atoms. The number of sulfonamides is 1. The van der Waals surface area contributed by atoms with E-state index in [9.17, 15) is 8.42 Å². The van der Waals surface area contributed by atoms with Crippen molar-refractivity contribution in [2.75, 3.05) is 12.3 Å². The predicted molar refractivity (Wildman–Crippen MR) is 94.7 cm³/mol. The van der Waals surface area contributed by atoms with Gasteiger partial charge in [0.2, 0.25) is 10.0 Å². The molecule has 0 aliphatic carbocycles. The maximum Gasteiger partial charge on any atom is 0.248 e. The van der Waals surface area contributed by atoms with Gasteiger partial charge in [0.25, 0.3) is 0 Å². The minimum absolute atomic E-state index is 0.400. The largest absolute Gasteiger partial charge is 0.346 e. The van der Waals surface area contributed by atoms with E-state index in [0.29, 0.717) is 13.0 Å². The fraction of sp³-hybridized carbons (Fsp3) is 0.235. The van der Waals surface area contributed by atoms with Crippen molar-refractivity contribution in [2.45, 2.75) is 12.8 Å². The smallest absolute Gasteiger partial charge is 0.248 e. The zero-order valence-corrected chi connectivity index (χ0v) is 14.1. The van der Waals surface area contributed by atoms with Gasteiger partial charge in [-0.05, 0) is 36.1 Å². The summed E-state index contributed by atoms with van der Waals surface area (Å²) in [6.07, 6.45) is 8.39. The molecule has 0 fully saturated rings. The van der Waals surface area contributed by atoms with E-state index in [4.69, 9.17) is 5.26 Å². The van der Waals surface area contributed by atoms with E-state index in [2.05, 4.69) is 15.0 Å². The number of aromatic amines is 1. The number of rotatable bonds is 3. The lowest BCUT2D eigenvalue weighted by Crippen LogP contribution is -2.31. The standard InChI is InChI=1S/C17H15N5O2S/c18-5-9-25(23,24)22-8-1-2-12(11-22)13-3-6-19-15-10-21-17-14(16(13)15)4-7-20-17/h3-4,6-7,10-11H,1-2,8-9H2,(H,20,21). The molecule has 1 aliphatic rings. The molecule has 3 aromatic rings. The summed E-state index contributed by atoms with van der Waals surface area (Å²) >= 11 is 0. The van der Waals surface area contributed by atoms with Gasteiger partial charge in [-0.2, -0.15) is 5.26 Å². The molecule has 4 rings (SSSR count). The first-order chi connectivity index (χ1) is 12.1. The number of nitriles is 1. The van der Waals surface area contributed by atoms with Crippen LogP contribution in [0.2, 0.25) is 0 Å². The van der Waals surface area contributed by atoms with Gasteiger partial charge in [0.1, 0.15) is 5.65 Å². The van der Waals surface area contributed by atoms with Crippen molar-refractivity contribution in [2.24, 2.45) is 0 Å². The zero-order valence-electron chi connectivity index (χ0n) is 13.3. The number of nitrogens with one attached hydrogen (secondary N) is 1. The maximum atomic E-state index is 12.2. The number of fused-ring (bicyclic) bond motifs is 3. The molecule has 126 valence electrons. The fourth-order valence-electron chi connectivity index (χ4n) is 3.24. The van der Waals surface area contributed by atoms with Crippen molar-refractivity contribution in [1.29, 1.82) is 5.26 Å². The zero-order chi connectivity index (χ0) is 17.4. The summed E-state index contributed by atoms with van der Waals surface area (Å²) in [5.74, 6) is -0.514. The Morgan fingerprint density at radius 3 is 3.04 bits per heavy atom. The first-order valence-corrected chi connectivity index (χ1v) is 9.49. The van der Waals surface area contributed by atoms with Crippen molar-refractivity contribution in [3.63, 3.8) is 0 Å². The molecule has 0 amide bonds. The normalized spacial score (nSPS) is 15.3. The van der Waals surface area contributed by atoms with Crippen LogP contribution in [0.15, 0.2) is 36.9 Å². The summed E-state index contributed by atoms with van der Waals surface area (Å²) < 4.78 is 25.7. The van der Waals surface area contributed by atoms with Gasteiger partial charge >= 0.3 is 0 Å². The van der Waals surface area contributed by atoms with E-state index >= 15 is 0 Å². The van der Waals surface area contributed by atoms with Gasteiger partial charge in [-0.25, -0.2) is 13.4 Å². The molecule has 0 saturated carbocycles. The van der Waals surface area contributed by atoms with Crippen LogP contribution < -0.4 is 0 Å².